The van der Waals surface area contributed by atoms with Gasteiger partial charge in [-0.25, -0.2) is 0 Å². The second kappa shape index (κ2) is 10.6. The van der Waals surface area contributed by atoms with Gasteiger partial charge in [-0.05, 0) is 30.0 Å². The van der Waals surface area contributed by atoms with E-state index in [9.17, 15) is 0 Å². The lowest BCUT2D eigenvalue weighted by molar-refractivity contribution is 0.278. The van der Waals surface area contributed by atoms with Crippen molar-refractivity contribution in [2.45, 2.75) is 82.7 Å². The summed E-state index contributed by atoms with van der Waals surface area (Å²) in [5.74, 6) is 0. The van der Waals surface area contributed by atoms with Gasteiger partial charge in [-0.3, -0.25) is 0 Å². The van der Waals surface area contributed by atoms with Crippen LogP contribution in [-0.2, 0) is 4.43 Å². The van der Waals surface area contributed by atoms with E-state index in [2.05, 4.69) is 49.6 Å². The molecule has 1 heterocycles. The van der Waals surface area contributed by atoms with Gasteiger partial charge in [0.1, 0.15) is 0 Å². The molecule has 1 aliphatic heterocycles. The van der Waals surface area contributed by atoms with Crippen LogP contribution in [-0.4, -0.2) is 24.4 Å². The zero-order valence-corrected chi connectivity index (χ0v) is 19.8. The van der Waals surface area contributed by atoms with Crippen LogP contribution in [0.25, 0.3) is 6.08 Å². The fourth-order valence-electron chi connectivity index (χ4n) is 4.70. The second-order valence-electron chi connectivity index (χ2n) is 8.52. The van der Waals surface area contributed by atoms with Crippen molar-refractivity contribution in [3.05, 3.63) is 42.1 Å². The van der Waals surface area contributed by atoms with Crippen LogP contribution in [0.1, 0.15) is 76.7 Å². The van der Waals surface area contributed by atoms with E-state index in [4.69, 9.17) is 4.43 Å². The monoisotopic (exact) mass is 398 g/mol. The second-order valence-corrected chi connectivity index (χ2v) is 14.2. The molecule has 1 aromatic rings. The molecule has 0 spiro atoms. The third-order valence-corrected chi connectivity index (χ3v) is 12.8. The Bertz CT molecular complexity index is 633. The molecule has 0 N–H and O–H groups in total. The van der Waals surface area contributed by atoms with Crippen molar-refractivity contribution < 1.29 is 4.43 Å². The number of fused-ring (bicyclic) bond motifs is 1. The lowest BCUT2D eigenvalue weighted by Gasteiger charge is -2.38. The molecule has 0 bridgehead atoms. The quantitative estimate of drug-likeness (QED) is 0.274. The summed E-state index contributed by atoms with van der Waals surface area (Å²) in [7, 11) is -1.89. The smallest absolute Gasteiger partial charge is 0.220 e. The van der Waals surface area contributed by atoms with Crippen LogP contribution < -0.4 is 10.4 Å². The Morgan fingerprint density at radius 3 is 2.81 bits per heavy atom. The van der Waals surface area contributed by atoms with E-state index in [1.807, 2.05) is 0 Å². The van der Waals surface area contributed by atoms with Crippen molar-refractivity contribution in [3.63, 3.8) is 0 Å². The number of benzene rings is 1. The molecule has 1 aliphatic carbocycles. The maximum Gasteiger partial charge on any atom is 0.220 e. The first kappa shape index (κ1) is 20.8. The SMILES string of the molecule is C=CCCCC[Si](C=Cc1cccc2c1[SiH2]2)(OCCCC)C1CCCCC1. The maximum atomic E-state index is 6.91. The molecule has 0 aromatic heterocycles. The summed E-state index contributed by atoms with van der Waals surface area (Å²) in [6.07, 6.45) is 17.7. The van der Waals surface area contributed by atoms with Crippen molar-refractivity contribution in [2.75, 3.05) is 6.61 Å². The maximum absolute atomic E-state index is 6.91. The van der Waals surface area contributed by atoms with Gasteiger partial charge in [-0.1, -0.05) is 105 Å². The highest BCUT2D eigenvalue weighted by Gasteiger charge is 2.41. The van der Waals surface area contributed by atoms with Crippen molar-refractivity contribution in [2.24, 2.45) is 0 Å². The van der Waals surface area contributed by atoms with Crippen LogP contribution in [0.5, 0.6) is 0 Å². The van der Waals surface area contributed by atoms with E-state index < -0.39 is 8.32 Å². The minimum absolute atomic E-state index is 0.0294. The Kier molecular flexibility index (Phi) is 8.16. The molecular formula is C24H38OSi2. The van der Waals surface area contributed by atoms with Crippen molar-refractivity contribution in [3.8, 4) is 0 Å². The molecule has 1 unspecified atom stereocenters. The van der Waals surface area contributed by atoms with Gasteiger partial charge in [-0.2, -0.15) is 0 Å². The Labute approximate surface area is 170 Å². The zero-order valence-electron chi connectivity index (χ0n) is 17.3. The lowest BCUT2D eigenvalue weighted by atomic mass is 10.0. The lowest BCUT2D eigenvalue weighted by Crippen LogP contribution is -2.43. The third-order valence-electron chi connectivity index (χ3n) is 6.49. The van der Waals surface area contributed by atoms with Crippen LogP contribution in [0.3, 0.4) is 0 Å². The van der Waals surface area contributed by atoms with Gasteiger partial charge in [0.05, 0.1) is 9.52 Å². The summed E-state index contributed by atoms with van der Waals surface area (Å²) in [6.45, 7) is 7.15. The molecule has 3 heteroatoms. The molecule has 1 saturated carbocycles. The Morgan fingerprint density at radius 1 is 1.19 bits per heavy atom. The van der Waals surface area contributed by atoms with Gasteiger partial charge in [0, 0.05) is 6.61 Å². The summed E-state index contributed by atoms with van der Waals surface area (Å²) < 4.78 is 6.91. The number of unbranched alkanes of at least 4 members (excludes halogenated alkanes) is 3. The average molecular weight is 399 g/mol. The molecule has 1 nitrogen and oxygen atoms in total. The molecule has 148 valence electrons. The normalized spacial score (nSPS) is 19.9. The standard InChI is InChI=1S/C24H38OSi2/c1-3-5-7-11-19-27(25-18-6-4-2,22-14-9-8-10-15-22)20-17-21-13-12-16-23-24(21)26-23/h3,12-13,16-17,20,22H,1,4-11,14-15,18-19,26H2,2H3. The molecular weight excluding hydrogens is 360 g/mol. The van der Waals surface area contributed by atoms with E-state index in [0.29, 0.717) is 0 Å². The van der Waals surface area contributed by atoms with E-state index >= 15 is 0 Å². The topological polar surface area (TPSA) is 9.23 Å². The van der Waals surface area contributed by atoms with Crippen LogP contribution in [0.2, 0.25) is 11.6 Å². The third kappa shape index (κ3) is 5.79. The molecule has 1 aromatic carbocycles. The molecule has 1 fully saturated rings. The van der Waals surface area contributed by atoms with E-state index in [-0.39, 0.29) is 9.52 Å². The minimum Gasteiger partial charge on any atom is -0.413 e. The van der Waals surface area contributed by atoms with Gasteiger partial charge in [0.25, 0.3) is 0 Å². The predicted octanol–water partition coefficient (Wildman–Crippen LogP) is 5.12. The number of hydrogen-bond donors (Lipinski definition) is 0. The predicted molar refractivity (Wildman–Crippen MR) is 126 cm³/mol. The Hall–Kier alpha value is -0.906. The fourth-order valence-corrected chi connectivity index (χ4v) is 10.5. The number of allylic oxidation sites excluding steroid dienone is 1. The van der Waals surface area contributed by atoms with Crippen LogP contribution in [0, 0.1) is 0 Å². The summed E-state index contributed by atoms with van der Waals surface area (Å²) in [5.41, 5.74) is 4.97. The highest BCUT2D eigenvalue weighted by Crippen LogP contribution is 2.42. The summed E-state index contributed by atoms with van der Waals surface area (Å²) in [6, 6.07) is 8.22. The van der Waals surface area contributed by atoms with Crippen molar-refractivity contribution in [1.29, 1.82) is 0 Å². The highest BCUT2D eigenvalue weighted by atomic mass is 28.4. The Morgan fingerprint density at radius 2 is 2.04 bits per heavy atom. The van der Waals surface area contributed by atoms with Crippen LogP contribution in [0.4, 0.5) is 0 Å². The van der Waals surface area contributed by atoms with Gasteiger partial charge < -0.3 is 4.43 Å². The number of hydrogen-bond acceptors (Lipinski definition) is 1. The van der Waals surface area contributed by atoms with Gasteiger partial charge in [0.2, 0.25) is 8.32 Å². The summed E-state index contributed by atoms with van der Waals surface area (Å²) >= 11 is 0. The first-order valence-corrected chi connectivity index (χ1v) is 15.0. The zero-order chi connectivity index (χ0) is 19.0. The molecule has 2 aliphatic rings. The summed E-state index contributed by atoms with van der Waals surface area (Å²) in [4.78, 5) is 0. The average Bonchev–Trinajstić information content (AvgIpc) is 3.50. The molecule has 1 atom stereocenters. The first-order chi connectivity index (χ1) is 13.3. The molecule has 0 amide bonds. The van der Waals surface area contributed by atoms with E-state index in [0.717, 1.165) is 18.6 Å². The molecule has 27 heavy (non-hydrogen) atoms. The van der Waals surface area contributed by atoms with Gasteiger partial charge >= 0.3 is 0 Å². The highest BCUT2D eigenvalue weighted by molar-refractivity contribution is 6.88. The molecule has 3 rings (SSSR count). The first-order valence-electron chi connectivity index (χ1n) is 11.3. The Balaban J connectivity index is 1.80. The fraction of sp³-hybridized carbons (Fsp3) is 0.583. The van der Waals surface area contributed by atoms with Crippen molar-refractivity contribution in [1.82, 2.24) is 0 Å². The van der Waals surface area contributed by atoms with Gasteiger partial charge in [0.15, 0.2) is 0 Å². The van der Waals surface area contributed by atoms with Crippen LogP contribution >= 0.6 is 0 Å². The summed E-state index contributed by atoms with van der Waals surface area (Å²) in [5, 5.41) is 3.39. The van der Waals surface area contributed by atoms with Crippen molar-refractivity contribution >= 4 is 34.3 Å². The van der Waals surface area contributed by atoms with Crippen LogP contribution in [0.15, 0.2) is 36.6 Å². The van der Waals surface area contributed by atoms with E-state index in [1.54, 1.807) is 10.4 Å². The minimum atomic E-state index is -1.86. The largest absolute Gasteiger partial charge is 0.413 e. The van der Waals surface area contributed by atoms with Gasteiger partial charge in [-0.15, -0.1) is 6.58 Å². The molecule has 0 radical (unpaired) electrons. The number of rotatable bonds is 12. The van der Waals surface area contributed by atoms with E-state index in [1.165, 1.54) is 69.4 Å². The molecule has 0 saturated heterocycles.